The van der Waals surface area contributed by atoms with Crippen LogP contribution in [-0.2, 0) is 11.2 Å². The topological polar surface area (TPSA) is 58.4 Å². The average molecular weight is 428 g/mol. The number of carbonyl (C=O) groups excluding carboxylic acids is 1. The van der Waals surface area contributed by atoms with E-state index in [1.807, 2.05) is 48.5 Å². The first-order chi connectivity index (χ1) is 13.2. The number of hydrogen-bond acceptors (Lipinski definition) is 4. The predicted octanol–water partition coefficient (Wildman–Crippen LogP) is 4.31. The standard InChI is InChI=1S/C21H22BrN3O2/c22-16-10-7-15(8-11-16)9-12-20(26)23-14-17-4-3-13-25(17)21-24-18-5-1-2-6-19(18)27-21/h1-2,5-8,10-11,17H,3-4,9,12-14H2,(H,23,26). The van der Waals surface area contributed by atoms with Gasteiger partial charge in [-0.2, -0.15) is 4.98 Å². The Hall–Kier alpha value is -2.34. The summed E-state index contributed by atoms with van der Waals surface area (Å²) < 4.78 is 6.95. The molecule has 140 valence electrons. The van der Waals surface area contributed by atoms with Gasteiger partial charge in [-0.25, -0.2) is 0 Å². The van der Waals surface area contributed by atoms with Crippen LogP contribution in [0.2, 0.25) is 0 Å². The van der Waals surface area contributed by atoms with Crippen molar-refractivity contribution in [3.8, 4) is 0 Å². The Bertz CT molecular complexity index is 890. The third kappa shape index (κ3) is 4.33. The third-order valence-electron chi connectivity index (χ3n) is 4.99. The summed E-state index contributed by atoms with van der Waals surface area (Å²) in [6, 6.07) is 16.8. The lowest BCUT2D eigenvalue weighted by Crippen LogP contribution is -2.40. The lowest BCUT2D eigenvalue weighted by molar-refractivity contribution is -0.121. The van der Waals surface area contributed by atoms with E-state index in [9.17, 15) is 4.79 Å². The highest BCUT2D eigenvalue weighted by atomic mass is 79.9. The zero-order valence-electron chi connectivity index (χ0n) is 15.0. The molecule has 2 aromatic carbocycles. The van der Waals surface area contributed by atoms with E-state index in [4.69, 9.17) is 4.42 Å². The maximum absolute atomic E-state index is 12.2. The van der Waals surface area contributed by atoms with Crippen LogP contribution in [0.1, 0.15) is 24.8 Å². The van der Waals surface area contributed by atoms with Gasteiger partial charge in [0.1, 0.15) is 5.52 Å². The van der Waals surface area contributed by atoms with Gasteiger partial charge in [0.2, 0.25) is 5.91 Å². The summed E-state index contributed by atoms with van der Waals surface area (Å²) in [6.07, 6.45) is 3.36. The first-order valence-electron chi connectivity index (χ1n) is 9.32. The van der Waals surface area contributed by atoms with E-state index in [1.54, 1.807) is 0 Å². The summed E-state index contributed by atoms with van der Waals surface area (Å²) in [4.78, 5) is 19.0. The van der Waals surface area contributed by atoms with E-state index in [2.05, 4.69) is 31.1 Å². The van der Waals surface area contributed by atoms with Crippen molar-refractivity contribution < 1.29 is 9.21 Å². The van der Waals surface area contributed by atoms with Gasteiger partial charge < -0.3 is 14.6 Å². The van der Waals surface area contributed by atoms with Crippen LogP contribution >= 0.6 is 15.9 Å². The van der Waals surface area contributed by atoms with Crippen LogP contribution in [0.25, 0.3) is 11.1 Å². The van der Waals surface area contributed by atoms with Gasteiger partial charge in [-0.05, 0) is 49.1 Å². The van der Waals surface area contributed by atoms with Gasteiger partial charge in [0.05, 0.1) is 6.04 Å². The number of halogens is 1. The quantitative estimate of drug-likeness (QED) is 0.636. The molecule has 1 unspecified atom stereocenters. The van der Waals surface area contributed by atoms with Crippen molar-refractivity contribution in [2.24, 2.45) is 0 Å². The zero-order valence-corrected chi connectivity index (χ0v) is 16.6. The molecule has 0 bridgehead atoms. The molecule has 1 atom stereocenters. The first kappa shape index (κ1) is 18.0. The van der Waals surface area contributed by atoms with Crippen molar-refractivity contribution in [2.45, 2.75) is 31.7 Å². The molecule has 3 aromatic rings. The number of aryl methyl sites for hydroxylation is 1. The molecule has 1 aromatic heterocycles. The maximum atomic E-state index is 12.2. The van der Waals surface area contributed by atoms with Crippen LogP contribution in [0, 0.1) is 0 Å². The summed E-state index contributed by atoms with van der Waals surface area (Å²) >= 11 is 3.43. The van der Waals surface area contributed by atoms with Crippen LogP contribution in [0.5, 0.6) is 0 Å². The molecule has 1 fully saturated rings. The molecule has 1 aliphatic rings. The number of aromatic nitrogens is 1. The SMILES string of the molecule is O=C(CCc1ccc(Br)cc1)NCC1CCCN1c1nc2ccccc2o1. The van der Waals surface area contributed by atoms with Crippen LogP contribution < -0.4 is 10.2 Å². The Morgan fingerprint density at radius 2 is 2.04 bits per heavy atom. The minimum absolute atomic E-state index is 0.0855. The van der Waals surface area contributed by atoms with Crippen molar-refractivity contribution in [1.29, 1.82) is 0 Å². The normalized spacial score (nSPS) is 16.8. The van der Waals surface area contributed by atoms with Crippen LogP contribution in [0.4, 0.5) is 6.01 Å². The zero-order chi connectivity index (χ0) is 18.6. The first-order valence-corrected chi connectivity index (χ1v) is 10.1. The van der Waals surface area contributed by atoms with Gasteiger partial charge >= 0.3 is 0 Å². The maximum Gasteiger partial charge on any atom is 0.298 e. The van der Waals surface area contributed by atoms with E-state index in [1.165, 1.54) is 5.56 Å². The number of benzene rings is 2. The molecule has 0 saturated carbocycles. The largest absolute Gasteiger partial charge is 0.423 e. The van der Waals surface area contributed by atoms with Crippen molar-refractivity contribution in [3.63, 3.8) is 0 Å². The minimum atomic E-state index is 0.0855. The molecule has 0 radical (unpaired) electrons. The van der Waals surface area contributed by atoms with Crippen LogP contribution in [0.3, 0.4) is 0 Å². The molecule has 1 amide bonds. The molecule has 27 heavy (non-hydrogen) atoms. The second kappa shape index (κ2) is 8.13. The molecule has 1 saturated heterocycles. The molecular weight excluding hydrogens is 406 g/mol. The molecule has 6 heteroatoms. The fourth-order valence-corrected chi connectivity index (χ4v) is 3.78. The van der Waals surface area contributed by atoms with Gasteiger partial charge in [0, 0.05) is 24.0 Å². The number of amides is 1. The minimum Gasteiger partial charge on any atom is -0.423 e. The molecule has 2 heterocycles. The van der Waals surface area contributed by atoms with Crippen LogP contribution in [-0.4, -0.2) is 30.0 Å². The highest BCUT2D eigenvalue weighted by Gasteiger charge is 2.28. The highest BCUT2D eigenvalue weighted by Crippen LogP contribution is 2.28. The number of para-hydroxylation sites is 2. The van der Waals surface area contributed by atoms with E-state index in [0.29, 0.717) is 19.0 Å². The number of carbonyl (C=O) groups is 1. The van der Waals surface area contributed by atoms with Crippen molar-refractivity contribution in [3.05, 3.63) is 58.6 Å². The van der Waals surface area contributed by atoms with Crippen molar-refractivity contribution >= 4 is 39.0 Å². The molecule has 1 N–H and O–H groups in total. The molecule has 0 aliphatic carbocycles. The average Bonchev–Trinajstić information content (AvgIpc) is 3.32. The molecule has 1 aliphatic heterocycles. The van der Waals surface area contributed by atoms with Gasteiger partial charge in [0.15, 0.2) is 5.58 Å². The van der Waals surface area contributed by atoms with E-state index >= 15 is 0 Å². The Morgan fingerprint density at radius 3 is 2.85 bits per heavy atom. The number of hydrogen-bond donors (Lipinski definition) is 1. The smallest absolute Gasteiger partial charge is 0.298 e. The van der Waals surface area contributed by atoms with E-state index < -0.39 is 0 Å². The molecular formula is C21H22BrN3O2. The number of rotatable bonds is 6. The van der Waals surface area contributed by atoms with Crippen molar-refractivity contribution in [2.75, 3.05) is 18.0 Å². The predicted molar refractivity (Wildman–Crippen MR) is 110 cm³/mol. The summed E-state index contributed by atoms with van der Waals surface area (Å²) in [5, 5.41) is 3.08. The van der Waals surface area contributed by atoms with E-state index in [0.717, 1.165) is 41.4 Å². The third-order valence-corrected chi connectivity index (χ3v) is 5.52. The Kier molecular flexibility index (Phi) is 5.43. The number of anilines is 1. The van der Waals surface area contributed by atoms with Crippen molar-refractivity contribution in [1.82, 2.24) is 10.3 Å². The Balaban J connectivity index is 1.31. The summed E-state index contributed by atoms with van der Waals surface area (Å²) in [5.41, 5.74) is 2.84. The van der Waals surface area contributed by atoms with Gasteiger partial charge in [-0.1, -0.05) is 40.2 Å². The Labute approximate surface area is 166 Å². The monoisotopic (exact) mass is 427 g/mol. The molecule has 4 rings (SSSR count). The fraction of sp³-hybridized carbons (Fsp3) is 0.333. The lowest BCUT2D eigenvalue weighted by atomic mass is 10.1. The lowest BCUT2D eigenvalue weighted by Gasteiger charge is -2.23. The number of oxazole rings is 1. The fourth-order valence-electron chi connectivity index (χ4n) is 3.51. The summed E-state index contributed by atoms with van der Waals surface area (Å²) in [5.74, 6) is 0.0855. The number of nitrogens with one attached hydrogen (secondary N) is 1. The van der Waals surface area contributed by atoms with Gasteiger partial charge in [0.25, 0.3) is 6.01 Å². The molecule has 0 spiro atoms. The van der Waals surface area contributed by atoms with E-state index in [-0.39, 0.29) is 11.9 Å². The summed E-state index contributed by atoms with van der Waals surface area (Å²) in [6.45, 7) is 1.53. The van der Waals surface area contributed by atoms with Gasteiger partial charge in [-0.3, -0.25) is 4.79 Å². The van der Waals surface area contributed by atoms with Crippen LogP contribution in [0.15, 0.2) is 57.4 Å². The van der Waals surface area contributed by atoms with Gasteiger partial charge in [-0.15, -0.1) is 0 Å². The summed E-state index contributed by atoms with van der Waals surface area (Å²) in [7, 11) is 0. The second-order valence-electron chi connectivity index (χ2n) is 6.88. The number of nitrogens with zero attached hydrogens (tertiary/aromatic N) is 2. The Morgan fingerprint density at radius 1 is 1.22 bits per heavy atom. The highest BCUT2D eigenvalue weighted by molar-refractivity contribution is 9.10. The second-order valence-corrected chi connectivity index (χ2v) is 7.80. The molecule has 5 nitrogen and oxygen atoms in total. The number of fused-ring (bicyclic) bond motifs is 1.